The molecule has 0 saturated carbocycles. The Labute approximate surface area is 130 Å². The number of anilines is 2. The molecule has 0 radical (unpaired) electrons. The molecule has 0 bridgehead atoms. The molecule has 0 unspecified atom stereocenters. The van der Waals surface area contributed by atoms with E-state index in [1.807, 2.05) is 12.1 Å². The molecule has 0 aliphatic carbocycles. The van der Waals surface area contributed by atoms with Crippen molar-refractivity contribution in [1.29, 1.82) is 0 Å². The van der Waals surface area contributed by atoms with Crippen LogP contribution in [0.15, 0.2) is 36.7 Å². The van der Waals surface area contributed by atoms with E-state index in [2.05, 4.69) is 34.0 Å². The van der Waals surface area contributed by atoms with Gasteiger partial charge >= 0.3 is 0 Å². The molecular formula is C16H20N4O2. The van der Waals surface area contributed by atoms with Crippen LogP contribution in [-0.2, 0) is 0 Å². The molecule has 1 heterocycles. The minimum atomic E-state index is -0.299. The molecule has 0 aliphatic heterocycles. The summed E-state index contributed by atoms with van der Waals surface area (Å²) in [6.07, 6.45) is 3.11. The standard InChI is InChI=1S/C16H20N4O2/c1-4-20(5-2)15-11-17-14(10-18-15)16(21)19-12-7-6-8-13(9-12)22-3/h6-11H,4-5H2,1-3H3,(H,19,21). The number of nitrogens with zero attached hydrogens (tertiary/aromatic N) is 3. The molecule has 0 spiro atoms. The zero-order chi connectivity index (χ0) is 15.9. The number of nitrogens with one attached hydrogen (secondary N) is 1. The van der Waals surface area contributed by atoms with E-state index in [9.17, 15) is 4.79 Å². The van der Waals surface area contributed by atoms with Crippen LogP contribution in [0.2, 0.25) is 0 Å². The largest absolute Gasteiger partial charge is 0.497 e. The highest BCUT2D eigenvalue weighted by Crippen LogP contribution is 2.17. The Hall–Kier alpha value is -2.63. The molecule has 1 N–H and O–H groups in total. The molecule has 2 rings (SSSR count). The number of ether oxygens (including phenoxy) is 1. The highest BCUT2D eigenvalue weighted by atomic mass is 16.5. The normalized spacial score (nSPS) is 10.1. The van der Waals surface area contributed by atoms with Gasteiger partial charge in [-0.05, 0) is 26.0 Å². The number of hydrogen-bond donors (Lipinski definition) is 1. The first-order valence-corrected chi connectivity index (χ1v) is 7.20. The number of benzene rings is 1. The van der Waals surface area contributed by atoms with Crippen LogP contribution in [-0.4, -0.2) is 36.1 Å². The number of methoxy groups -OCH3 is 1. The third-order valence-electron chi connectivity index (χ3n) is 3.29. The van der Waals surface area contributed by atoms with E-state index in [-0.39, 0.29) is 11.6 Å². The van der Waals surface area contributed by atoms with Crippen molar-refractivity contribution in [1.82, 2.24) is 9.97 Å². The third kappa shape index (κ3) is 3.72. The van der Waals surface area contributed by atoms with Crippen LogP contribution in [0.3, 0.4) is 0 Å². The van der Waals surface area contributed by atoms with Gasteiger partial charge in [0.1, 0.15) is 17.3 Å². The van der Waals surface area contributed by atoms with Crippen LogP contribution in [0.4, 0.5) is 11.5 Å². The molecule has 1 aromatic heterocycles. The van der Waals surface area contributed by atoms with E-state index < -0.39 is 0 Å². The number of amides is 1. The van der Waals surface area contributed by atoms with Gasteiger partial charge in [-0.1, -0.05) is 6.07 Å². The van der Waals surface area contributed by atoms with E-state index in [1.54, 1.807) is 25.4 Å². The molecule has 0 aliphatic rings. The Bertz CT molecular complexity index is 624. The first-order valence-electron chi connectivity index (χ1n) is 7.20. The fourth-order valence-electron chi connectivity index (χ4n) is 2.05. The Kier molecular flexibility index (Phi) is 5.30. The molecule has 1 amide bonds. The van der Waals surface area contributed by atoms with Gasteiger partial charge in [-0.15, -0.1) is 0 Å². The highest BCUT2D eigenvalue weighted by molar-refractivity contribution is 6.02. The Balaban J connectivity index is 2.09. The zero-order valence-electron chi connectivity index (χ0n) is 13.0. The van der Waals surface area contributed by atoms with Crippen molar-refractivity contribution in [2.24, 2.45) is 0 Å². The van der Waals surface area contributed by atoms with E-state index in [0.29, 0.717) is 11.4 Å². The van der Waals surface area contributed by atoms with Gasteiger partial charge in [-0.3, -0.25) is 4.79 Å². The predicted octanol–water partition coefficient (Wildman–Crippen LogP) is 2.58. The summed E-state index contributed by atoms with van der Waals surface area (Å²) in [5.74, 6) is 1.15. The lowest BCUT2D eigenvalue weighted by Gasteiger charge is -2.18. The summed E-state index contributed by atoms with van der Waals surface area (Å²) in [7, 11) is 1.58. The van der Waals surface area contributed by atoms with E-state index >= 15 is 0 Å². The highest BCUT2D eigenvalue weighted by Gasteiger charge is 2.10. The van der Waals surface area contributed by atoms with Crippen LogP contribution in [0.1, 0.15) is 24.3 Å². The fourth-order valence-corrected chi connectivity index (χ4v) is 2.05. The fraction of sp³-hybridized carbons (Fsp3) is 0.312. The van der Waals surface area contributed by atoms with Gasteiger partial charge in [-0.25, -0.2) is 9.97 Å². The van der Waals surface area contributed by atoms with Crippen molar-refractivity contribution in [3.63, 3.8) is 0 Å². The van der Waals surface area contributed by atoms with Gasteiger partial charge in [-0.2, -0.15) is 0 Å². The summed E-state index contributed by atoms with van der Waals surface area (Å²) in [5.41, 5.74) is 0.928. The Morgan fingerprint density at radius 1 is 1.23 bits per heavy atom. The van der Waals surface area contributed by atoms with E-state index in [4.69, 9.17) is 4.74 Å². The topological polar surface area (TPSA) is 67.4 Å². The van der Waals surface area contributed by atoms with Gasteiger partial charge in [0, 0.05) is 24.8 Å². The maximum Gasteiger partial charge on any atom is 0.275 e. The summed E-state index contributed by atoms with van der Waals surface area (Å²) in [6.45, 7) is 5.80. The van der Waals surface area contributed by atoms with Gasteiger partial charge < -0.3 is 15.0 Å². The van der Waals surface area contributed by atoms with Crippen molar-refractivity contribution in [3.8, 4) is 5.75 Å². The number of carbonyl (C=O) groups excluding carboxylic acids is 1. The maximum absolute atomic E-state index is 12.2. The maximum atomic E-state index is 12.2. The first kappa shape index (κ1) is 15.8. The lowest BCUT2D eigenvalue weighted by atomic mass is 10.3. The van der Waals surface area contributed by atoms with Crippen molar-refractivity contribution in [3.05, 3.63) is 42.4 Å². The summed E-state index contributed by atoms with van der Waals surface area (Å²) in [5, 5.41) is 2.77. The minimum absolute atomic E-state index is 0.277. The van der Waals surface area contributed by atoms with E-state index in [0.717, 1.165) is 18.9 Å². The molecule has 0 saturated heterocycles. The van der Waals surface area contributed by atoms with Crippen LogP contribution in [0, 0.1) is 0 Å². The second-order valence-electron chi connectivity index (χ2n) is 4.62. The van der Waals surface area contributed by atoms with Gasteiger partial charge in [0.15, 0.2) is 0 Å². The molecule has 6 nitrogen and oxygen atoms in total. The van der Waals surface area contributed by atoms with Crippen molar-refractivity contribution in [2.75, 3.05) is 30.4 Å². The van der Waals surface area contributed by atoms with Gasteiger partial charge in [0.05, 0.1) is 19.5 Å². The van der Waals surface area contributed by atoms with Crippen molar-refractivity contribution in [2.45, 2.75) is 13.8 Å². The monoisotopic (exact) mass is 300 g/mol. The molecular weight excluding hydrogens is 280 g/mol. The summed E-state index contributed by atoms with van der Waals surface area (Å²) < 4.78 is 5.12. The Morgan fingerprint density at radius 2 is 2.00 bits per heavy atom. The van der Waals surface area contributed by atoms with Crippen molar-refractivity contribution >= 4 is 17.4 Å². The summed E-state index contributed by atoms with van der Waals surface area (Å²) in [6, 6.07) is 7.16. The molecule has 116 valence electrons. The van der Waals surface area contributed by atoms with Crippen LogP contribution >= 0.6 is 0 Å². The van der Waals surface area contributed by atoms with E-state index in [1.165, 1.54) is 6.20 Å². The minimum Gasteiger partial charge on any atom is -0.497 e. The third-order valence-corrected chi connectivity index (χ3v) is 3.29. The molecule has 1 aromatic carbocycles. The lowest BCUT2D eigenvalue weighted by molar-refractivity contribution is 0.102. The smallest absolute Gasteiger partial charge is 0.275 e. The average Bonchev–Trinajstić information content (AvgIpc) is 2.56. The SMILES string of the molecule is CCN(CC)c1cnc(C(=O)Nc2cccc(OC)c2)cn1. The summed E-state index contributed by atoms with van der Waals surface area (Å²) >= 11 is 0. The van der Waals surface area contributed by atoms with Crippen molar-refractivity contribution < 1.29 is 9.53 Å². The summed E-state index contributed by atoms with van der Waals surface area (Å²) in [4.78, 5) is 22.7. The average molecular weight is 300 g/mol. The second-order valence-corrected chi connectivity index (χ2v) is 4.62. The quantitative estimate of drug-likeness (QED) is 0.888. The number of carbonyl (C=O) groups is 1. The first-order chi connectivity index (χ1) is 10.7. The molecule has 0 fully saturated rings. The zero-order valence-corrected chi connectivity index (χ0v) is 13.0. The second kappa shape index (κ2) is 7.40. The van der Waals surface area contributed by atoms with Crippen LogP contribution < -0.4 is 15.0 Å². The number of rotatable bonds is 6. The number of aromatic nitrogens is 2. The number of hydrogen-bond acceptors (Lipinski definition) is 5. The van der Waals surface area contributed by atoms with Gasteiger partial charge in [0.2, 0.25) is 0 Å². The van der Waals surface area contributed by atoms with Gasteiger partial charge in [0.25, 0.3) is 5.91 Å². The van der Waals surface area contributed by atoms with Crippen LogP contribution in [0.25, 0.3) is 0 Å². The Morgan fingerprint density at radius 3 is 2.59 bits per heavy atom. The van der Waals surface area contributed by atoms with Crippen LogP contribution in [0.5, 0.6) is 5.75 Å². The molecule has 22 heavy (non-hydrogen) atoms. The molecule has 2 aromatic rings. The molecule has 6 heteroatoms. The predicted molar refractivity (Wildman–Crippen MR) is 86.5 cm³/mol. The lowest BCUT2D eigenvalue weighted by Crippen LogP contribution is -2.23. The molecule has 0 atom stereocenters.